The van der Waals surface area contributed by atoms with Gasteiger partial charge in [0.15, 0.2) is 0 Å². The van der Waals surface area contributed by atoms with Gasteiger partial charge in [-0.3, -0.25) is 5.41 Å². The van der Waals surface area contributed by atoms with E-state index in [1.165, 1.54) is 24.2 Å². The molecule has 0 radical (unpaired) electrons. The van der Waals surface area contributed by atoms with Crippen molar-refractivity contribution in [3.05, 3.63) is 23.9 Å². The summed E-state index contributed by atoms with van der Waals surface area (Å²) in [5.74, 6) is 0.293. The van der Waals surface area contributed by atoms with Crippen molar-refractivity contribution in [1.29, 1.82) is 5.41 Å². The van der Waals surface area contributed by atoms with Crippen molar-refractivity contribution in [2.45, 2.75) is 12.6 Å². The molecule has 0 aliphatic rings. The van der Waals surface area contributed by atoms with Crippen molar-refractivity contribution in [1.82, 2.24) is 4.98 Å². The van der Waals surface area contributed by atoms with Gasteiger partial charge in [0.1, 0.15) is 11.7 Å². The van der Waals surface area contributed by atoms with E-state index in [1.54, 1.807) is 6.07 Å². The number of pyridine rings is 1. The predicted octanol–water partition coefficient (Wildman–Crippen LogP) is 1.75. The van der Waals surface area contributed by atoms with Crippen LogP contribution in [0.1, 0.15) is 12.0 Å². The lowest BCUT2D eigenvalue weighted by Gasteiger charge is -2.19. The van der Waals surface area contributed by atoms with Crippen LogP contribution >= 0.6 is 0 Å². The highest BCUT2D eigenvalue weighted by Gasteiger charge is 2.27. The maximum Gasteiger partial charge on any atom is 0.390 e. The zero-order chi connectivity index (χ0) is 13.1. The molecule has 0 amide bonds. The van der Waals surface area contributed by atoms with Gasteiger partial charge < -0.3 is 10.6 Å². The number of rotatable bonds is 4. The highest BCUT2D eigenvalue weighted by atomic mass is 19.4. The maximum absolute atomic E-state index is 12.0. The third-order valence-electron chi connectivity index (χ3n) is 2.18. The number of nitrogens with one attached hydrogen (secondary N) is 1. The lowest BCUT2D eigenvalue weighted by atomic mass is 10.2. The molecule has 0 aliphatic carbocycles. The van der Waals surface area contributed by atoms with E-state index in [0.29, 0.717) is 11.4 Å². The second kappa shape index (κ2) is 5.03. The van der Waals surface area contributed by atoms with E-state index < -0.39 is 12.6 Å². The van der Waals surface area contributed by atoms with Crippen LogP contribution < -0.4 is 10.6 Å². The molecule has 0 aliphatic heterocycles. The van der Waals surface area contributed by atoms with Crippen molar-refractivity contribution in [2.24, 2.45) is 5.73 Å². The standard InChI is InChI=1S/C10H13F3N4/c1-17(5-4-10(11,12)13)8-3-2-7(6-16-8)9(14)15/h2-3,6H,4-5H2,1H3,(H3,14,15). The van der Waals surface area contributed by atoms with E-state index in [4.69, 9.17) is 11.1 Å². The van der Waals surface area contributed by atoms with Crippen molar-refractivity contribution in [3.63, 3.8) is 0 Å². The van der Waals surface area contributed by atoms with Crippen molar-refractivity contribution < 1.29 is 13.2 Å². The minimum atomic E-state index is -4.17. The summed E-state index contributed by atoms with van der Waals surface area (Å²) in [5, 5.41) is 7.15. The second-order valence-electron chi connectivity index (χ2n) is 3.61. The molecule has 0 aromatic carbocycles. The highest BCUT2D eigenvalue weighted by molar-refractivity contribution is 5.94. The molecule has 3 N–H and O–H groups in total. The summed E-state index contributed by atoms with van der Waals surface area (Å²) in [6.07, 6.45) is -3.70. The Kier molecular flexibility index (Phi) is 3.93. The van der Waals surface area contributed by atoms with E-state index in [1.807, 2.05) is 0 Å². The first kappa shape index (κ1) is 13.3. The summed E-state index contributed by atoms with van der Waals surface area (Å²) in [5.41, 5.74) is 5.68. The molecule has 1 rings (SSSR count). The summed E-state index contributed by atoms with van der Waals surface area (Å²) >= 11 is 0. The van der Waals surface area contributed by atoms with E-state index in [-0.39, 0.29) is 12.4 Å². The first-order chi connectivity index (χ1) is 7.79. The number of anilines is 1. The number of hydrogen-bond donors (Lipinski definition) is 2. The zero-order valence-corrected chi connectivity index (χ0v) is 9.25. The molecule has 0 unspecified atom stereocenters. The number of alkyl halides is 3. The van der Waals surface area contributed by atoms with Crippen molar-refractivity contribution >= 4 is 11.7 Å². The normalized spacial score (nSPS) is 11.3. The molecular formula is C10H13F3N4. The lowest BCUT2D eigenvalue weighted by molar-refractivity contribution is -0.132. The first-order valence-corrected chi connectivity index (χ1v) is 4.88. The van der Waals surface area contributed by atoms with Crippen LogP contribution in [0.15, 0.2) is 18.3 Å². The lowest BCUT2D eigenvalue weighted by Crippen LogP contribution is -2.25. The first-order valence-electron chi connectivity index (χ1n) is 4.88. The molecule has 0 bridgehead atoms. The van der Waals surface area contributed by atoms with Gasteiger partial charge in [-0.15, -0.1) is 0 Å². The summed E-state index contributed by atoms with van der Waals surface area (Å²) in [4.78, 5) is 5.34. The van der Waals surface area contributed by atoms with Crippen molar-refractivity contribution in [3.8, 4) is 0 Å². The average molecular weight is 246 g/mol. The van der Waals surface area contributed by atoms with E-state index in [0.717, 1.165) is 0 Å². The molecule has 94 valence electrons. The molecule has 1 aromatic heterocycles. The molecule has 4 nitrogen and oxygen atoms in total. The van der Waals surface area contributed by atoms with Crippen LogP contribution in [0.3, 0.4) is 0 Å². The molecule has 0 saturated heterocycles. The summed E-state index contributed by atoms with van der Waals surface area (Å²) in [7, 11) is 1.53. The molecule has 0 saturated carbocycles. The van der Waals surface area contributed by atoms with Gasteiger partial charge in [-0.1, -0.05) is 0 Å². The van der Waals surface area contributed by atoms with Crippen LogP contribution in [-0.2, 0) is 0 Å². The van der Waals surface area contributed by atoms with Gasteiger partial charge in [0.2, 0.25) is 0 Å². The Hall–Kier alpha value is -1.79. The summed E-state index contributed by atoms with van der Waals surface area (Å²) in [6.45, 7) is -0.157. The fraction of sp³-hybridized carbons (Fsp3) is 0.400. The smallest absolute Gasteiger partial charge is 0.384 e. The third-order valence-corrected chi connectivity index (χ3v) is 2.18. The largest absolute Gasteiger partial charge is 0.390 e. The fourth-order valence-electron chi connectivity index (χ4n) is 1.18. The van der Waals surface area contributed by atoms with Gasteiger partial charge in [-0.25, -0.2) is 4.98 Å². The van der Waals surface area contributed by atoms with E-state index >= 15 is 0 Å². The number of nitrogens with zero attached hydrogens (tertiary/aromatic N) is 2. The third kappa shape index (κ3) is 4.29. The van der Waals surface area contributed by atoms with E-state index in [9.17, 15) is 13.2 Å². The van der Waals surface area contributed by atoms with Crippen LogP contribution in [0, 0.1) is 5.41 Å². The minimum absolute atomic E-state index is 0.123. The van der Waals surface area contributed by atoms with Crippen LogP contribution in [0.4, 0.5) is 19.0 Å². The van der Waals surface area contributed by atoms with Crippen LogP contribution in [-0.4, -0.2) is 30.6 Å². The molecular weight excluding hydrogens is 233 g/mol. The second-order valence-corrected chi connectivity index (χ2v) is 3.61. The fourth-order valence-corrected chi connectivity index (χ4v) is 1.18. The zero-order valence-electron chi connectivity index (χ0n) is 9.25. The molecule has 1 aromatic rings. The van der Waals surface area contributed by atoms with Crippen LogP contribution in [0.5, 0.6) is 0 Å². The molecule has 1 heterocycles. The highest BCUT2D eigenvalue weighted by Crippen LogP contribution is 2.20. The Bertz CT molecular complexity index is 386. The summed E-state index contributed by atoms with van der Waals surface area (Å²) in [6, 6.07) is 3.09. The Morgan fingerprint density at radius 3 is 2.53 bits per heavy atom. The number of aromatic nitrogens is 1. The Morgan fingerprint density at radius 1 is 1.47 bits per heavy atom. The molecule has 0 atom stereocenters. The monoisotopic (exact) mass is 246 g/mol. The molecule has 0 spiro atoms. The summed E-state index contributed by atoms with van der Waals surface area (Å²) < 4.78 is 36.0. The quantitative estimate of drug-likeness (QED) is 0.628. The minimum Gasteiger partial charge on any atom is -0.384 e. The Balaban J connectivity index is 2.63. The maximum atomic E-state index is 12.0. The topological polar surface area (TPSA) is 66.0 Å². The van der Waals surface area contributed by atoms with Crippen LogP contribution in [0.25, 0.3) is 0 Å². The van der Waals surface area contributed by atoms with Gasteiger partial charge in [0.25, 0.3) is 0 Å². The molecule has 7 heteroatoms. The predicted molar refractivity (Wildman–Crippen MR) is 59.2 cm³/mol. The Morgan fingerprint density at radius 2 is 2.12 bits per heavy atom. The average Bonchev–Trinajstić information content (AvgIpc) is 2.25. The number of amidine groups is 1. The number of nitrogens with two attached hydrogens (primary N) is 1. The van der Waals surface area contributed by atoms with Gasteiger partial charge in [-0.2, -0.15) is 13.2 Å². The van der Waals surface area contributed by atoms with Gasteiger partial charge in [0.05, 0.1) is 6.42 Å². The molecule has 17 heavy (non-hydrogen) atoms. The van der Waals surface area contributed by atoms with E-state index in [2.05, 4.69) is 4.98 Å². The SMILES string of the molecule is CN(CCC(F)(F)F)c1ccc(C(=N)N)cn1. The van der Waals surface area contributed by atoms with Crippen molar-refractivity contribution in [2.75, 3.05) is 18.5 Å². The van der Waals surface area contributed by atoms with Crippen LogP contribution in [0.2, 0.25) is 0 Å². The van der Waals surface area contributed by atoms with Gasteiger partial charge in [0, 0.05) is 25.4 Å². The number of hydrogen-bond acceptors (Lipinski definition) is 3. The Labute approximate surface area is 96.8 Å². The molecule has 0 fully saturated rings. The number of halogens is 3. The van der Waals surface area contributed by atoms with Gasteiger partial charge >= 0.3 is 6.18 Å². The number of nitrogen functional groups attached to an aromatic ring is 1. The van der Waals surface area contributed by atoms with Gasteiger partial charge in [-0.05, 0) is 12.1 Å².